The lowest BCUT2D eigenvalue weighted by molar-refractivity contribution is 0.992. The summed E-state index contributed by atoms with van der Waals surface area (Å²) in [4.78, 5) is 0. The lowest BCUT2D eigenvalue weighted by atomic mass is 10.5. The summed E-state index contributed by atoms with van der Waals surface area (Å²) in [6, 6.07) is 5.96. The number of halogens is 1. The van der Waals surface area contributed by atoms with E-state index < -0.39 is 0 Å². The third-order valence-corrected chi connectivity index (χ3v) is 2.38. The van der Waals surface area contributed by atoms with E-state index >= 15 is 0 Å². The van der Waals surface area contributed by atoms with Crippen molar-refractivity contribution in [3.05, 3.63) is 27.7 Å². The normalized spacial score (nSPS) is 10.7. The molecule has 56 valence electrons. The van der Waals surface area contributed by atoms with Crippen LogP contribution in [0.2, 0.25) is 0 Å². The van der Waals surface area contributed by atoms with Crippen LogP contribution in [0.3, 0.4) is 0 Å². The van der Waals surface area contributed by atoms with E-state index in [9.17, 15) is 0 Å². The molecule has 0 atom stereocenters. The SMILES string of the molecule is Cc1nnc2cccc(I)n12. The predicted octanol–water partition coefficient (Wildman–Crippen LogP) is 1.64. The molecule has 0 aliphatic heterocycles. The summed E-state index contributed by atoms with van der Waals surface area (Å²) in [6.07, 6.45) is 0. The summed E-state index contributed by atoms with van der Waals surface area (Å²) in [5.74, 6) is 0.935. The zero-order chi connectivity index (χ0) is 7.84. The first-order valence-electron chi connectivity index (χ1n) is 3.25. The number of fused-ring (bicyclic) bond motifs is 1. The van der Waals surface area contributed by atoms with Gasteiger partial charge < -0.3 is 0 Å². The summed E-state index contributed by atoms with van der Waals surface area (Å²) in [7, 11) is 0. The molecule has 2 aromatic heterocycles. The maximum absolute atomic E-state index is 3.99. The Morgan fingerprint density at radius 3 is 2.91 bits per heavy atom. The lowest BCUT2D eigenvalue weighted by Crippen LogP contribution is -1.91. The Bertz CT molecular complexity index is 393. The van der Waals surface area contributed by atoms with Gasteiger partial charge in [0.15, 0.2) is 5.65 Å². The Labute approximate surface area is 77.6 Å². The van der Waals surface area contributed by atoms with Crippen LogP contribution in [-0.4, -0.2) is 14.6 Å². The maximum atomic E-state index is 3.99. The van der Waals surface area contributed by atoms with Crippen molar-refractivity contribution in [1.82, 2.24) is 14.6 Å². The van der Waals surface area contributed by atoms with Gasteiger partial charge in [0.05, 0.1) is 3.70 Å². The third kappa shape index (κ3) is 1.01. The maximum Gasteiger partial charge on any atom is 0.161 e. The average Bonchev–Trinajstić information content (AvgIpc) is 2.34. The van der Waals surface area contributed by atoms with Gasteiger partial charge in [-0.15, -0.1) is 10.2 Å². The molecule has 0 bridgehead atoms. The van der Waals surface area contributed by atoms with Gasteiger partial charge in [0, 0.05) is 0 Å². The van der Waals surface area contributed by atoms with Gasteiger partial charge in [-0.2, -0.15) is 0 Å². The third-order valence-electron chi connectivity index (χ3n) is 1.54. The largest absolute Gasteiger partial charge is 0.274 e. The molecule has 3 nitrogen and oxygen atoms in total. The molecule has 0 N–H and O–H groups in total. The highest BCUT2D eigenvalue weighted by molar-refractivity contribution is 14.1. The second-order valence-corrected chi connectivity index (χ2v) is 3.39. The van der Waals surface area contributed by atoms with Crippen LogP contribution >= 0.6 is 22.6 Å². The van der Waals surface area contributed by atoms with E-state index in [-0.39, 0.29) is 0 Å². The number of nitrogens with zero attached hydrogens (tertiary/aromatic N) is 3. The van der Waals surface area contributed by atoms with Crippen LogP contribution in [0.5, 0.6) is 0 Å². The van der Waals surface area contributed by atoms with E-state index in [1.807, 2.05) is 29.5 Å². The zero-order valence-corrected chi connectivity index (χ0v) is 8.11. The summed E-state index contributed by atoms with van der Waals surface area (Å²) < 4.78 is 3.16. The average molecular weight is 259 g/mol. The summed E-state index contributed by atoms with van der Waals surface area (Å²) in [5.41, 5.74) is 0.911. The molecule has 0 fully saturated rings. The van der Waals surface area contributed by atoms with Crippen LogP contribution in [0.1, 0.15) is 5.82 Å². The molecule has 0 aromatic carbocycles. The van der Waals surface area contributed by atoms with Gasteiger partial charge in [0.1, 0.15) is 5.82 Å². The van der Waals surface area contributed by atoms with Crippen molar-refractivity contribution in [3.63, 3.8) is 0 Å². The smallest absolute Gasteiger partial charge is 0.161 e. The van der Waals surface area contributed by atoms with Gasteiger partial charge in [0.25, 0.3) is 0 Å². The molecule has 2 heterocycles. The highest BCUT2D eigenvalue weighted by Gasteiger charge is 2.01. The van der Waals surface area contributed by atoms with Crippen LogP contribution in [0.15, 0.2) is 18.2 Å². The van der Waals surface area contributed by atoms with Crippen LogP contribution in [-0.2, 0) is 0 Å². The molecule has 4 heteroatoms. The molecule has 0 aliphatic rings. The number of rotatable bonds is 0. The zero-order valence-electron chi connectivity index (χ0n) is 5.95. The highest BCUT2D eigenvalue weighted by atomic mass is 127. The van der Waals surface area contributed by atoms with Gasteiger partial charge in [-0.3, -0.25) is 4.40 Å². The summed E-state index contributed by atoms with van der Waals surface area (Å²) in [6.45, 7) is 1.95. The van der Waals surface area contributed by atoms with Crippen molar-refractivity contribution in [3.8, 4) is 0 Å². The van der Waals surface area contributed by atoms with E-state index in [1.54, 1.807) is 0 Å². The fraction of sp³-hybridized carbons (Fsp3) is 0.143. The second kappa shape index (κ2) is 2.44. The highest BCUT2D eigenvalue weighted by Crippen LogP contribution is 2.09. The molecule has 0 radical (unpaired) electrons. The molecule has 2 aromatic rings. The molecule has 2 rings (SSSR count). The van der Waals surface area contributed by atoms with Gasteiger partial charge in [-0.25, -0.2) is 0 Å². The Morgan fingerprint density at radius 1 is 1.36 bits per heavy atom. The van der Waals surface area contributed by atoms with Crippen molar-refractivity contribution in [1.29, 1.82) is 0 Å². The number of pyridine rings is 1. The van der Waals surface area contributed by atoms with Crippen molar-refractivity contribution in [2.45, 2.75) is 6.92 Å². The van der Waals surface area contributed by atoms with Gasteiger partial charge in [-0.1, -0.05) is 6.07 Å². The summed E-state index contributed by atoms with van der Waals surface area (Å²) in [5, 5.41) is 7.95. The monoisotopic (exact) mass is 259 g/mol. The molecular formula is C7H6IN3. The Morgan fingerprint density at radius 2 is 2.18 bits per heavy atom. The number of hydrogen-bond acceptors (Lipinski definition) is 2. The van der Waals surface area contributed by atoms with E-state index in [0.29, 0.717) is 0 Å². The second-order valence-electron chi connectivity index (χ2n) is 2.29. The number of aromatic nitrogens is 3. The molecule has 0 saturated carbocycles. The number of hydrogen-bond donors (Lipinski definition) is 0. The molecular weight excluding hydrogens is 253 g/mol. The van der Waals surface area contributed by atoms with E-state index in [4.69, 9.17) is 0 Å². The standard InChI is InChI=1S/C7H6IN3/c1-5-9-10-7-4-2-3-6(8)11(5)7/h2-4H,1H3. The predicted molar refractivity (Wildman–Crippen MR) is 50.4 cm³/mol. The van der Waals surface area contributed by atoms with Crippen molar-refractivity contribution >= 4 is 28.2 Å². The fourth-order valence-electron chi connectivity index (χ4n) is 1.04. The first-order chi connectivity index (χ1) is 5.29. The van der Waals surface area contributed by atoms with Gasteiger partial charge in [0.2, 0.25) is 0 Å². The Kier molecular flexibility index (Phi) is 1.56. The number of aryl methyl sites for hydroxylation is 1. The van der Waals surface area contributed by atoms with E-state index in [1.165, 1.54) is 0 Å². The molecule has 0 saturated heterocycles. The van der Waals surface area contributed by atoms with Crippen LogP contribution in [0, 0.1) is 10.6 Å². The summed E-state index contributed by atoms with van der Waals surface area (Å²) >= 11 is 2.26. The Hall–Kier alpha value is -0.650. The van der Waals surface area contributed by atoms with Crippen molar-refractivity contribution < 1.29 is 0 Å². The topological polar surface area (TPSA) is 30.2 Å². The minimum absolute atomic E-state index is 0.911. The van der Waals surface area contributed by atoms with Crippen LogP contribution < -0.4 is 0 Å². The van der Waals surface area contributed by atoms with Gasteiger partial charge in [-0.05, 0) is 41.6 Å². The lowest BCUT2D eigenvalue weighted by Gasteiger charge is -1.95. The molecule has 0 aliphatic carbocycles. The molecule has 11 heavy (non-hydrogen) atoms. The quantitative estimate of drug-likeness (QED) is 0.531. The van der Waals surface area contributed by atoms with Crippen LogP contribution in [0.4, 0.5) is 0 Å². The first-order valence-corrected chi connectivity index (χ1v) is 4.33. The van der Waals surface area contributed by atoms with Crippen molar-refractivity contribution in [2.75, 3.05) is 0 Å². The molecule has 0 spiro atoms. The van der Waals surface area contributed by atoms with Crippen molar-refractivity contribution in [2.24, 2.45) is 0 Å². The molecule has 0 amide bonds. The van der Waals surface area contributed by atoms with E-state index in [0.717, 1.165) is 15.2 Å². The van der Waals surface area contributed by atoms with E-state index in [2.05, 4.69) is 32.8 Å². The first kappa shape index (κ1) is 7.02. The molecule has 0 unspecified atom stereocenters. The Balaban J connectivity index is 2.96. The van der Waals surface area contributed by atoms with Crippen LogP contribution in [0.25, 0.3) is 5.65 Å². The van der Waals surface area contributed by atoms with Gasteiger partial charge >= 0.3 is 0 Å². The minimum atomic E-state index is 0.911. The fourth-order valence-corrected chi connectivity index (χ4v) is 1.84. The minimum Gasteiger partial charge on any atom is -0.274 e.